The lowest BCUT2D eigenvalue weighted by molar-refractivity contribution is -0.148. The number of hydrogen-bond donors (Lipinski definition) is 0. The number of benzene rings is 1. The Bertz CT molecular complexity index is 981. The molecule has 0 aliphatic heterocycles. The van der Waals surface area contributed by atoms with E-state index in [2.05, 4.69) is 9.97 Å². The molecule has 1 unspecified atom stereocenters. The van der Waals surface area contributed by atoms with Crippen LogP contribution in [0.25, 0.3) is 22.3 Å². The minimum Gasteiger partial charge on any atom is -0.464 e. The van der Waals surface area contributed by atoms with Crippen LogP contribution < -0.4 is 5.56 Å². The van der Waals surface area contributed by atoms with Crippen molar-refractivity contribution >= 4 is 16.9 Å². The third-order valence-corrected chi connectivity index (χ3v) is 4.01. The molecule has 0 aliphatic carbocycles. The summed E-state index contributed by atoms with van der Waals surface area (Å²) in [4.78, 5) is 34.3. The highest BCUT2D eigenvalue weighted by Gasteiger charge is 2.24. The maximum atomic E-state index is 13.1. The average molecular weight is 351 g/mol. The number of fused-ring (bicyclic) bond motifs is 1. The van der Waals surface area contributed by atoms with Gasteiger partial charge < -0.3 is 4.74 Å². The average Bonchev–Trinajstić information content (AvgIpc) is 2.66. The topological polar surface area (TPSA) is 74.1 Å². The lowest BCUT2D eigenvalue weighted by Gasteiger charge is -2.19. The van der Waals surface area contributed by atoms with E-state index >= 15 is 0 Å². The molecule has 6 nitrogen and oxygen atoms in total. The van der Waals surface area contributed by atoms with Crippen LogP contribution in [0.15, 0.2) is 53.6 Å². The van der Waals surface area contributed by atoms with Gasteiger partial charge in [0.25, 0.3) is 5.56 Å². The van der Waals surface area contributed by atoms with Crippen molar-refractivity contribution in [3.8, 4) is 11.4 Å². The molecular weight excluding hydrogens is 330 g/mol. The van der Waals surface area contributed by atoms with Crippen molar-refractivity contribution in [2.45, 2.75) is 26.8 Å². The van der Waals surface area contributed by atoms with Crippen LogP contribution in [0, 0.1) is 5.92 Å². The number of ether oxygens (including phenoxy) is 1. The number of hydrogen-bond acceptors (Lipinski definition) is 5. The fourth-order valence-corrected chi connectivity index (χ4v) is 2.68. The van der Waals surface area contributed by atoms with Crippen LogP contribution in [0.4, 0.5) is 0 Å². The molecule has 1 atom stereocenters. The Kier molecular flexibility index (Phi) is 5.11. The zero-order valence-corrected chi connectivity index (χ0v) is 15.0. The van der Waals surface area contributed by atoms with Crippen molar-refractivity contribution in [1.82, 2.24) is 14.5 Å². The fourth-order valence-electron chi connectivity index (χ4n) is 2.68. The van der Waals surface area contributed by atoms with Crippen LogP contribution in [0.5, 0.6) is 0 Å². The summed E-state index contributed by atoms with van der Waals surface area (Å²) in [6, 6.07) is 9.87. The summed E-state index contributed by atoms with van der Waals surface area (Å²) in [7, 11) is 0. The van der Waals surface area contributed by atoms with Gasteiger partial charge >= 0.3 is 5.97 Å². The van der Waals surface area contributed by atoms with Crippen LogP contribution in [0.1, 0.15) is 26.8 Å². The SMILES string of the molecule is CC(C)COC(=O)C(C)n1c(-c2cccnc2)nc2ccccc2c1=O. The smallest absolute Gasteiger partial charge is 0.329 e. The third kappa shape index (κ3) is 3.49. The van der Waals surface area contributed by atoms with Crippen LogP contribution in [-0.4, -0.2) is 27.1 Å². The van der Waals surface area contributed by atoms with Gasteiger partial charge in [-0.2, -0.15) is 0 Å². The summed E-state index contributed by atoms with van der Waals surface area (Å²) in [6.07, 6.45) is 3.27. The van der Waals surface area contributed by atoms with Crippen LogP contribution in [0.3, 0.4) is 0 Å². The van der Waals surface area contributed by atoms with E-state index in [4.69, 9.17) is 4.74 Å². The first-order chi connectivity index (χ1) is 12.5. The summed E-state index contributed by atoms with van der Waals surface area (Å²) in [5.41, 5.74) is 0.970. The van der Waals surface area contributed by atoms with E-state index in [1.165, 1.54) is 4.57 Å². The standard InChI is InChI=1S/C20H21N3O3/c1-13(2)12-26-20(25)14(3)23-18(15-7-6-10-21-11-15)22-17-9-5-4-8-16(17)19(23)24/h4-11,13-14H,12H2,1-3H3. The Morgan fingerprint density at radius 3 is 2.62 bits per heavy atom. The fraction of sp³-hybridized carbons (Fsp3) is 0.300. The minimum absolute atomic E-state index is 0.218. The van der Waals surface area contributed by atoms with Crippen LogP contribution >= 0.6 is 0 Å². The molecule has 3 rings (SSSR count). The Balaban J connectivity index is 2.17. The van der Waals surface area contributed by atoms with Crippen molar-refractivity contribution in [3.05, 3.63) is 59.1 Å². The highest BCUT2D eigenvalue weighted by atomic mass is 16.5. The van der Waals surface area contributed by atoms with Gasteiger partial charge in [0, 0.05) is 18.0 Å². The maximum absolute atomic E-state index is 13.1. The largest absolute Gasteiger partial charge is 0.464 e. The molecule has 0 radical (unpaired) electrons. The molecule has 26 heavy (non-hydrogen) atoms. The molecule has 0 amide bonds. The van der Waals surface area contributed by atoms with E-state index in [9.17, 15) is 9.59 Å². The number of nitrogens with zero attached hydrogens (tertiary/aromatic N) is 3. The number of rotatable bonds is 5. The van der Waals surface area contributed by atoms with Gasteiger partial charge in [-0.05, 0) is 37.1 Å². The second-order valence-corrected chi connectivity index (χ2v) is 6.57. The monoisotopic (exact) mass is 351 g/mol. The molecule has 134 valence electrons. The van der Waals surface area contributed by atoms with Gasteiger partial charge in [0.1, 0.15) is 11.9 Å². The van der Waals surface area contributed by atoms with Crippen LogP contribution in [0.2, 0.25) is 0 Å². The van der Waals surface area contributed by atoms with E-state index in [1.807, 2.05) is 26.0 Å². The maximum Gasteiger partial charge on any atom is 0.329 e. The summed E-state index contributed by atoms with van der Waals surface area (Å²) in [5.74, 6) is 0.161. The lowest BCUT2D eigenvalue weighted by Crippen LogP contribution is -2.32. The predicted molar refractivity (Wildman–Crippen MR) is 99.7 cm³/mol. The first kappa shape index (κ1) is 17.8. The summed E-state index contributed by atoms with van der Waals surface area (Å²) >= 11 is 0. The molecule has 0 fully saturated rings. The van der Waals surface area contributed by atoms with Crippen LogP contribution in [-0.2, 0) is 9.53 Å². The summed E-state index contributed by atoms with van der Waals surface area (Å²) in [5, 5.41) is 0.462. The van der Waals surface area contributed by atoms with E-state index in [-0.39, 0.29) is 11.5 Å². The van der Waals surface area contributed by atoms with Crippen molar-refractivity contribution in [2.75, 3.05) is 6.61 Å². The van der Waals surface area contributed by atoms with Crippen molar-refractivity contribution < 1.29 is 9.53 Å². The number of carbonyl (C=O) groups is 1. The molecule has 0 aliphatic rings. The number of esters is 1. The lowest BCUT2D eigenvalue weighted by atomic mass is 10.2. The van der Waals surface area contributed by atoms with Gasteiger partial charge in [0.15, 0.2) is 0 Å². The van der Waals surface area contributed by atoms with Crippen molar-refractivity contribution in [2.24, 2.45) is 5.92 Å². The van der Waals surface area contributed by atoms with Crippen molar-refractivity contribution in [3.63, 3.8) is 0 Å². The molecule has 3 aromatic rings. The van der Waals surface area contributed by atoms with Gasteiger partial charge in [-0.1, -0.05) is 26.0 Å². The van der Waals surface area contributed by atoms with E-state index in [0.29, 0.717) is 28.9 Å². The second-order valence-electron chi connectivity index (χ2n) is 6.57. The van der Waals surface area contributed by atoms with Gasteiger partial charge in [0.2, 0.25) is 0 Å². The molecule has 0 N–H and O–H groups in total. The number of para-hydroxylation sites is 1. The third-order valence-electron chi connectivity index (χ3n) is 4.01. The molecule has 0 saturated carbocycles. The number of carbonyl (C=O) groups excluding carboxylic acids is 1. The van der Waals surface area contributed by atoms with Gasteiger partial charge in [0.05, 0.1) is 17.5 Å². The Hall–Kier alpha value is -3.02. The summed E-state index contributed by atoms with van der Waals surface area (Å²) < 4.78 is 6.73. The first-order valence-electron chi connectivity index (χ1n) is 8.57. The van der Waals surface area contributed by atoms with E-state index in [0.717, 1.165) is 0 Å². The molecule has 0 saturated heterocycles. The molecule has 0 spiro atoms. The molecule has 0 bridgehead atoms. The second kappa shape index (κ2) is 7.47. The highest BCUT2D eigenvalue weighted by molar-refractivity contribution is 5.81. The number of aromatic nitrogens is 3. The van der Waals surface area contributed by atoms with Gasteiger partial charge in [-0.25, -0.2) is 9.78 Å². The minimum atomic E-state index is -0.798. The quantitative estimate of drug-likeness (QED) is 0.660. The highest BCUT2D eigenvalue weighted by Crippen LogP contribution is 2.22. The Labute approximate surface area is 151 Å². The first-order valence-corrected chi connectivity index (χ1v) is 8.57. The van der Waals surface area contributed by atoms with Gasteiger partial charge in [-0.3, -0.25) is 14.3 Å². The zero-order chi connectivity index (χ0) is 18.7. The number of pyridine rings is 1. The Morgan fingerprint density at radius 2 is 1.92 bits per heavy atom. The Morgan fingerprint density at radius 1 is 1.15 bits per heavy atom. The normalized spacial score (nSPS) is 12.3. The molecule has 2 aromatic heterocycles. The molecule has 2 heterocycles. The van der Waals surface area contributed by atoms with Crippen molar-refractivity contribution in [1.29, 1.82) is 0 Å². The summed E-state index contributed by atoms with van der Waals surface area (Å²) in [6.45, 7) is 5.88. The van der Waals surface area contributed by atoms with Gasteiger partial charge in [-0.15, -0.1) is 0 Å². The predicted octanol–water partition coefficient (Wildman–Crippen LogP) is 3.22. The molecular formula is C20H21N3O3. The molecule has 1 aromatic carbocycles. The van der Waals surface area contributed by atoms with E-state index in [1.54, 1.807) is 43.6 Å². The zero-order valence-electron chi connectivity index (χ0n) is 15.0. The van der Waals surface area contributed by atoms with E-state index < -0.39 is 12.0 Å². The molecule has 6 heteroatoms.